The monoisotopic (exact) mass is 470 g/mol. The van der Waals surface area contributed by atoms with Crippen molar-refractivity contribution >= 4 is 40.4 Å². The van der Waals surface area contributed by atoms with Crippen LogP contribution in [-0.4, -0.2) is 21.6 Å². The molecule has 5 rings (SSSR count). The molecule has 168 valence electrons. The molecule has 1 aliphatic heterocycles. The number of benzene rings is 2. The summed E-state index contributed by atoms with van der Waals surface area (Å²) >= 11 is 6.10. The highest BCUT2D eigenvalue weighted by Crippen LogP contribution is 2.38. The number of carbonyl (C=O) groups excluding carboxylic acids is 2. The number of imide groups is 1. The first kappa shape index (κ1) is 21.6. The Morgan fingerprint density at radius 2 is 1.59 bits per heavy atom. The lowest BCUT2D eigenvalue weighted by Gasteiger charge is -2.16. The number of anilines is 1. The molecule has 34 heavy (non-hydrogen) atoms. The van der Waals surface area contributed by atoms with E-state index in [1.807, 2.05) is 13.0 Å². The molecule has 2 aromatic carbocycles. The maximum Gasteiger partial charge on any atom is 0.331 e. The van der Waals surface area contributed by atoms with Gasteiger partial charge in [-0.3, -0.25) is 9.59 Å². The zero-order chi connectivity index (χ0) is 24.0. The van der Waals surface area contributed by atoms with Gasteiger partial charge in [-0.05, 0) is 55.6 Å². The van der Waals surface area contributed by atoms with Gasteiger partial charge in [-0.1, -0.05) is 35.9 Å². The summed E-state index contributed by atoms with van der Waals surface area (Å²) in [5.41, 5.74) is 2.33. The topological polar surface area (TPSA) is 82.1 Å². The van der Waals surface area contributed by atoms with Crippen molar-refractivity contribution in [3.8, 4) is 11.6 Å². The van der Waals surface area contributed by atoms with Crippen molar-refractivity contribution in [3.05, 3.63) is 101 Å². The molecule has 2 amide bonds. The van der Waals surface area contributed by atoms with Crippen LogP contribution in [0, 0.1) is 13.8 Å². The molecular weight excluding hydrogens is 452 g/mol. The highest BCUT2D eigenvalue weighted by atomic mass is 35.5. The summed E-state index contributed by atoms with van der Waals surface area (Å²) in [7, 11) is 0. The van der Waals surface area contributed by atoms with Gasteiger partial charge in [0.25, 0.3) is 11.6 Å². The second kappa shape index (κ2) is 8.28. The summed E-state index contributed by atoms with van der Waals surface area (Å²) in [6.07, 6.45) is 3.34. The fourth-order valence-corrected chi connectivity index (χ4v) is 4.29. The van der Waals surface area contributed by atoms with Gasteiger partial charge in [0, 0.05) is 22.7 Å². The number of nitrogens with zero attached hydrogens (tertiary/aromatic N) is 4. The lowest BCUT2D eigenvalue weighted by atomic mass is 10.0. The summed E-state index contributed by atoms with van der Waals surface area (Å²) in [5.74, 6) is -1.60. The van der Waals surface area contributed by atoms with Crippen molar-refractivity contribution in [2.45, 2.75) is 13.8 Å². The van der Waals surface area contributed by atoms with Crippen LogP contribution in [0.5, 0.6) is 5.88 Å². The number of aromatic nitrogens is 3. The minimum Gasteiger partial charge on any atom is -0.858 e. The highest BCUT2D eigenvalue weighted by Gasteiger charge is 2.47. The minimum absolute atomic E-state index is 0.0125. The zero-order valence-electron chi connectivity index (χ0n) is 18.4. The predicted octanol–water partition coefficient (Wildman–Crippen LogP) is 3.45. The number of hydrogen-bond acceptors (Lipinski definition) is 4. The van der Waals surface area contributed by atoms with Gasteiger partial charge in [0.15, 0.2) is 12.4 Å². The van der Waals surface area contributed by atoms with Gasteiger partial charge in [0.1, 0.15) is 5.57 Å². The number of pyridine rings is 1. The second-order valence-electron chi connectivity index (χ2n) is 7.95. The third-order valence-corrected chi connectivity index (χ3v) is 5.85. The van der Waals surface area contributed by atoms with Crippen LogP contribution in [-0.2, 0) is 9.59 Å². The summed E-state index contributed by atoms with van der Waals surface area (Å²) in [6, 6.07) is 19.1. The van der Waals surface area contributed by atoms with E-state index in [0.717, 1.165) is 10.5 Å². The molecule has 3 heterocycles. The average Bonchev–Trinajstić information content (AvgIpc) is 3.25. The largest absolute Gasteiger partial charge is 0.858 e. The molecule has 1 aliphatic rings. The summed E-state index contributed by atoms with van der Waals surface area (Å²) < 4.78 is 2.75. The van der Waals surface area contributed by atoms with E-state index < -0.39 is 17.7 Å². The summed E-state index contributed by atoms with van der Waals surface area (Å²) in [4.78, 5) is 28.5. The number of rotatable bonds is 4. The second-order valence-corrected chi connectivity index (χ2v) is 8.38. The van der Waals surface area contributed by atoms with Crippen LogP contribution in [0.15, 0.2) is 79.1 Å². The molecule has 2 aromatic heterocycles. The Hall–Kier alpha value is -4.23. The average molecular weight is 471 g/mol. The predicted molar refractivity (Wildman–Crippen MR) is 126 cm³/mol. The first-order valence-corrected chi connectivity index (χ1v) is 10.9. The van der Waals surface area contributed by atoms with Gasteiger partial charge in [-0.25, -0.2) is 9.58 Å². The van der Waals surface area contributed by atoms with Crippen molar-refractivity contribution < 1.29 is 19.3 Å². The van der Waals surface area contributed by atoms with Crippen molar-refractivity contribution in [1.29, 1.82) is 0 Å². The maximum absolute atomic E-state index is 13.8. The van der Waals surface area contributed by atoms with Gasteiger partial charge < -0.3 is 5.11 Å². The summed E-state index contributed by atoms with van der Waals surface area (Å²) in [5, 5.41) is 18.4. The van der Waals surface area contributed by atoms with Crippen LogP contribution in [0.4, 0.5) is 5.69 Å². The van der Waals surface area contributed by atoms with E-state index in [2.05, 4.69) is 5.10 Å². The van der Waals surface area contributed by atoms with Gasteiger partial charge >= 0.3 is 5.91 Å². The van der Waals surface area contributed by atoms with Crippen molar-refractivity contribution in [3.63, 3.8) is 0 Å². The van der Waals surface area contributed by atoms with E-state index >= 15 is 0 Å². The van der Waals surface area contributed by atoms with E-state index in [4.69, 9.17) is 11.6 Å². The van der Waals surface area contributed by atoms with Crippen LogP contribution in [0.1, 0.15) is 16.8 Å². The molecule has 0 bridgehead atoms. The molecule has 0 saturated carbocycles. The van der Waals surface area contributed by atoms with Gasteiger partial charge in [0.05, 0.1) is 17.1 Å². The van der Waals surface area contributed by atoms with Crippen LogP contribution in [0.2, 0.25) is 5.02 Å². The summed E-state index contributed by atoms with van der Waals surface area (Å²) in [6.45, 7) is 3.52. The number of hydrogen-bond donors (Lipinski definition) is 0. The Balaban J connectivity index is 1.74. The molecule has 0 radical (unpaired) electrons. The maximum atomic E-state index is 13.8. The van der Waals surface area contributed by atoms with Crippen molar-refractivity contribution in [2.24, 2.45) is 0 Å². The quantitative estimate of drug-likeness (QED) is 0.338. The molecule has 0 unspecified atom stereocenters. The standard InChI is InChI=1S/C26H19ClN4O3/c1-16-8-6-10-19(14-16)30-24(32)22(23(26(30)34)29-12-4-3-5-13-29)21-17(2)28-31(25(21)33)20-11-7-9-18(27)15-20/h3-15H,1-2H3. The molecule has 0 aliphatic carbocycles. The van der Waals surface area contributed by atoms with Gasteiger partial charge in [-0.2, -0.15) is 9.67 Å². The molecule has 0 fully saturated rings. The minimum atomic E-state index is -0.576. The Morgan fingerprint density at radius 1 is 0.882 bits per heavy atom. The van der Waals surface area contributed by atoms with Crippen LogP contribution >= 0.6 is 11.6 Å². The van der Waals surface area contributed by atoms with Gasteiger partial charge in [0.2, 0.25) is 0 Å². The first-order valence-electron chi connectivity index (χ1n) is 10.6. The Bertz CT molecular complexity index is 1490. The molecule has 0 spiro atoms. The molecule has 0 atom stereocenters. The van der Waals surface area contributed by atoms with E-state index in [-0.39, 0.29) is 16.8 Å². The highest BCUT2D eigenvalue weighted by molar-refractivity contribution is 6.53. The van der Waals surface area contributed by atoms with Crippen LogP contribution in [0.3, 0.4) is 0 Å². The first-order chi connectivity index (χ1) is 16.4. The zero-order valence-corrected chi connectivity index (χ0v) is 19.2. The number of halogens is 1. The van der Waals surface area contributed by atoms with E-state index in [1.54, 1.807) is 84.5 Å². The Labute approximate surface area is 200 Å². The van der Waals surface area contributed by atoms with E-state index in [9.17, 15) is 14.7 Å². The van der Waals surface area contributed by atoms with Gasteiger partial charge in [-0.15, -0.1) is 0 Å². The number of carbonyl (C=O) groups is 2. The van der Waals surface area contributed by atoms with Crippen molar-refractivity contribution in [2.75, 3.05) is 4.90 Å². The molecular formula is C26H19ClN4O3. The fraction of sp³-hybridized carbons (Fsp3) is 0.0769. The smallest absolute Gasteiger partial charge is 0.331 e. The number of amides is 2. The van der Waals surface area contributed by atoms with E-state index in [1.165, 1.54) is 4.68 Å². The van der Waals surface area contributed by atoms with Crippen LogP contribution in [0.25, 0.3) is 17.0 Å². The number of aryl methyl sites for hydroxylation is 2. The molecule has 7 nitrogen and oxygen atoms in total. The molecule has 0 saturated heterocycles. The SMILES string of the molecule is Cc1cccc(N2C(=O)C(c3c(C)nn(-c4cccc(Cl)c4)c3[O-])=C([n+]3ccccc3)C2=O)c1. The Morgan fingerprint density at radius 3 is 2.29 bits per heavy atom. The Kier molecular flexibility index (Phi) is 5.26. The molecule has 4 aromatic rings. The van der Waals surface area contributed by atoms with E-state index in [0.29, 0.717) is 22.1 Å². The van der Waals surface area contributed by atoms with Crippen molar-refractivity contribution in [1.82, 2.24) is 9.78 Å². The fourth-order valence-electron chi connectivity index (χ4n) is 4.11. The van der Waals surface area contributed by atoms with Crippen LogP contribution < -0.4 is 14.6 Å². The lowest BCUT2D eigenvalue weighted by molar-refractivity contribution is -0.576. The lowest BCUT2D eigenvalue weighted by Crippen LogP contribution is -2.39. The normalized spacial score (nSPS) is 13.8. The molecule has 0 N–H and O–H groups in total. The third-order valence-electron chi connectivity index (χ3n) is 5.61. The third kappa shape index (κ3) is 3.47. The molecule has 8 heteroatoms.